The number of nitrogens with zero attached hydrogens (tertiary/aromatic N) is 1. The normalized spacial score (nSPS) is 22.9. The van der Waals surface area contributed by atoms with Crippen LogP contribution in [0.1, 0.15) is 59.4 Å². The number of carbonyl (C=O) groups is 3. The molecular weight excluding hydrogens is 390 g/mol. The first-order valence-electron chi connectivity index (χ1n) is 11.4. The van der Waals surface area contributed by atoms with E-state index in [9.17, 15) is 14.4 Å². The highest BCUT2D eigenvalue weighted by Gasteiger charge is 2.41. The maximum atomic E-state index is 12.8. The number of ether oxygens (including phenoxy) is 1. The maximum Gasteiger partial charge on any atom is 0.309 e. The first-order chi connectivity index (χ1) is 14.9. The van der Waals surface area contributed by atoms with Gasteiger partial charge in [0.2, 0.25) is 5.78 Å². The molecule has 2 fully saturated rings. The Morgan fingerprint density at radius 3 is 2.42 bits per heavy atom. The molecule has 2 unspecified atom stereocenters. The lowest BCUT2D eigenvalue weighted by Gasteiger charge is -2.36. The molecule has 0 N–H and O–H groups in total. The van der Waals surface area contributed by atoms with Crippen LogP contribution in [0.2, 0.25) is 0 Å². The van der Waals surface area contributed by atoms with Crippen molar-refractivity contribution < 1.29 is 19.1 Å². The second kappa shape index (κ2) is 9.21. The van der Waals surface area contributed by atoms with Gasteiger partial charge in [0.1, 0.15) is 5.78 Å². The fraction of sp³-hybridized carbons (Fsp3) is 0.500. The summed E-state index contributed by atoms with van der Waals surface area (Å²) >= 11 is 0. The third kappa shape index (κ3) is 4.65. The minimum Gasteiger partial charge on any atom is -0.457 e. The maximum absolute atomic E-state index is 12.8. The van der Waals surface area contributed by atoms with Gasteiger partial charge in [-0.05, 0) is 57.6 Å². The lowest BCUT2D eigenvalue weighted by atomic mass is 9.67. The van der Waals surface area contributed by atoms with Crippen LogP contribution >= 0.6 is 0 Å². The second-order valence-corrected chi connectivity index (χ2v) is 9.10. The monoisotopic (exact) mass is 421 g/mol. The van der Waals surface area contributed by atoms with Crippen molar-refractivity contribution in [2.45, 2.75) is 58.9 Å². The number of benzene rings is 1. The molecule has 2 bridgehead atoms. The highest BCUT2D eigenvalue weighted by Crippen LogP contribution is 2.40. The van der Waals surface area contributed by atoms with Gasteiger partial charge in [-0.15, -0.1) is 0 Å². The molecule has 31 heavy (non-hydrogen) atoms. The van der Waals surface area contributed by atoms with Crippen LogP contribution in [0.5, 0.6) is 0 Å². The van der Waals surface area contributed by atoms with Crippen molar-refractivity contribution in [2.24, 2.45) is 17.8 Å². The minimum atomic E-state index is -0.323. The number of ketones is 2. The molecule has 2 aromatic rings. The predicted molar refractivity (Wildman–Crippen MR) is 118 cm³/mol. The van der Waals surface area contributed by atoms with Crippen molar-refractivity contribution in [3.8, 4) is 0 Å². The zero-order valence-electron chi connectivity index (χ0n) is 18.4. The van der Waals surface area contributed by atoms with Gasteiger partial charge in [0, 0.05) is 35.3 Å². The number of esters is 1. The molecule has 0 aliphatic heterocycles. The molecule has 1 aromatic carbocycles. The van der Waals surface area contributed by atoms with Gasteiger partial charge >= 0.3 is 5.97 Å². The van der Waals surface area contributed by atoms with E-state index in [4.69, 9.17) is 4.74 Å². The van der Waals surface area contributed by atoms with E-state index in [-0.39, 0.29) is 36.1 Å². The highest BCUT2D eigenvalue weighted by molar-refractivity contribution is 5.99. The zero-order chi connectivity index (χ0) is 22.0. The molecule has 4 rings (SSSR count). The Hall–Kier alpha value is -2.69. The summed E-state index contributed by atoms with van der Waals surface area (Å²) in [6.45, 7) is 4.51. The molecule has 5 nitrogen and oxygen atoms in total. The van der Waals surface area contributed by atoms with E-state index >= 15 is 0 Å². The highest BCUT2D eigenvalue weighted by atomic mass is 16.5. The van der Waals surface area contributed by atoms with Gasteiger partial charge in [0.15, 0.2) is 6.61 Å². The second-order valence-electron chi connectivity index (χ2n) is 9.10. The largest absolute Gasteiger partial charge is 0.457 e. The summed E-state index contributed by atoms with van der Waals surface area (Å²) in [5.41, 5.74) is 3.82. The van der Waals surface area contributed by atoms with Crippen LogP contribution in [0.3, 0.4) is 0 Å². The Kier molecular flexibility index (Phi) is 6.40. The smallest absolute Gasteiger partial charge is 0.309 e. The third-order valence-corrected chi connectivity index (χ3v) is 7.07. The number of carbonyl (C=O) groups excluding carboxylic acids is 3. The molecule has 2 atom stereocenters. The summed E-state index contributed by atoms with van der Waals surface area (Å²) < 4.78 is 7.57. The van der Waals surface area contributed by atoms with E-state index in [0.717, 1.165) is 43.6 Å². The van der Waals surface area contributed by atoms with E-state index in [1.807, 2.05) is 38.1 Å². The Morgan fingerprint density at radius 2 is 1.74 bits per heavy atom. The summed E-state index contributed by atoms with van der Waals surface area (Å²) in [7, 11) is 0. The Balaban J connectivity index is 1.34. The first-order valence-corrected chi connectivity index (χ1v) is 11.4. The Bertz CT molecular complexity index is 959. The summed E-state index contributed by atoms with van der Waals surface area (Å²) in [6.07, 6.45) is 4.89. The van der Waals surface area contributed by atoms with Crippen LogP contribution in [-0.2, 0) is 27.3 Å². The van der Waals surface area contributed by atoms with Gasteiger partial charge in [-0.2, -0.15) is 0 Å². The average Bonchev–Trinajstić information content (AvgIpc) is 3.04. The third-order valence-electron chi connectivity index (χ3n) is 7.07. The number of Topliss-reactive ketones (excluding diaryl/α,β-unsaturated/α-hetero) is 2. The lowest BCUT2D eigenvalue weighted by molar-refractivity contribution is -0.152. The van der Waals surface area contributed by atoms with E-state index < -0.39 is 0 Å². The average molecular weight is 422 g/mol. The number of hydrogen-bond acceptors (Lipinski definition) is 4. The van der Waals surface area contributed by atoms with E-state index in [2.05, 4.69) is 16.7 Å². The Morgan fingerprint density at radius 1 is 1.06 bits per heavy atom. The summed E-state index contributed by atoms with van der Waals surface area (Å²) in [6, 6.07) is 12.2. The van der Waals surface area contributed by atoms with Gasteiger partial charge < -0.3 is 9.30 Å². The molecular formula is C26H31NO4. The molecule has 0 saturated heterocycles. The molecule has 2 aliphatic carbocycles. The molecule has 164 valence electrons. The fourth-order valence-corrected chi connectivity index (χ4v) is 5.32. The summed E-state index contributed by atoms with van der Waals surface area (Å²) in [5.74, 6) is -0.405. The molecule has 2 aliphatic rings. The molecule has 1 heterocycles. The molecule has 2 saturated carbocycles. The van der Waals surface area contributed by atoms with Crippen LogP contribution in [-0.4, -0.2) is 28.7 Å². The van der Waals surface area contributed by atoms with Gasteiger partial charge in [-0.25, -0.2) is 0 Å². The van der Waals surface area contributed by atoms with Crippen molar-refractivity contribution in [1.29, 1.82) is 0 Å². The standard InChI is InChI=1S/C26H31NO4/c1-17-13-23(18(2)27(17)12-11-19-7-4-3-5-8-19)24(28)16-31-26(30)22-14-20-9-6-10-21(15-22)25(20)29/h3-5,7-8,13,20-22H,6,9-12,14-16H2,1-2H3. The Labute approximate surface area is 183 Å². The summed E-state index contributed by atoms with van der Waals surface area (Å²) in [5, 5.41) is 0. The van der Waals surface area contributed by atoms with Crippen molar-refractivity contribution in [2.75, 3.05) is 6.61 Å². The minimum absolute atomic E-state index is 0.00397. The predicted octanol–water partition coefficient (Wildman–Crippen LogP) is 4.47. The molecule has 1 aromatic heterocycles. The van der Waals surface area contributed by atoms with Gasteiger partial charge in [0.05, 0.1) is 5.92 Å². The van der Waals surface area contributed by atoms with Crippen LogP contribution < -0.4 is 0 Å². The van der Waals surface area contributed by atoms with Crippen LogP contribution in [0.15, 0.2) is 36.4 Å². The number of hydrogen-bond donors (Lipinski definition) is 0. The SMILES string of the molecule is Cc1cc(C(=O)COC(=O)C2CC3CCCC(C2)C3=O)c(C)n1CCc1ccccc1. The topological polar surface area (TPSA) is 65.4 Å². The van der Waals surface area contributed by atoms with Gasteiger partial charge in [0.25, 0.3) is 0 Å². The van der Waals surface area contributed by atoms with Gasteiger partial charge in [-0.1, -0.05) is 36.8 Å². The van der Waals surface area contributed by atoms with E-state index in [0.29, 0.717) is 24.2 Å². The molecule has 5 heteroatoms. The van der Waals surface area contributed by atoms with Crippen molar-refractivity contribution >= 4 is 17.5 Å². The van der Waals surface area contributed by atoms with Crippen LogP contribution in [0.4, 0.5) is 0 Å². The number of aromatic nitrogens is 1. The van der Waals surface area contributed by atoms with E-state index in [1.54, 1.807) is 0 Å². The molecule has 0 spiro atoms. The molecule has 0 amide bonds. The van der Waals surface area contributed by atoms with Crippen molar-refractivity contribution in [3.05, 3.63) is 58.9 Å². The quantitative estimate of drug-likeness (QED) is 0.489. The summed E-state index contributed by atoms with van der Waals surface area (Å²) in [4.78, 5) is 37.6. The van der Waals surface area contributed by atoms with Crippen molar-refractivity contribution in [1.82, 2.24) is 4.57 Å². The van der Waals surface area contributed by atoms with E-state index in [1.165, 1.54) is 5.56 Å². The fourth-order valence-electron chi connectivity index (χ4n) is 5.32. The number of fused-ring (bicyclic) bond motifs is 2. The number of aryl methyl sites for hydroxylation is 2. The number of rotatable bonds is 7. The lowest BCUT2D eigenvalue weighted by Crippen LogP contribution is -2.39. The van der Waals surface area contributed by atoms with Gasteiger partial charge in [-0.3, -0.25) is 14.4 Å². The first kappa shape index (κ1) is 21.5. The van der Waals surface area contributed by atoms with Crippen molar-refractivity contribution in [3.63, 3.8) is 0 Å². The van der Waals surface area contributed by atoms with Crippen LogP contribution in [0, 0.1) is 31.6 Å². The van der Waals surface area contributed by atoms with Crippen LogP contribution in [0.25, 0.3) is 0 Å². The molecule has 0 radical (unpaired) electrons. The zero-order valence-corrected chi connectivity index (χ0v) is 18.4.